The van der Waals surface area contributed by atoms with E-state index in [1.165, 1.54) is 0 Å². The molecule has 1 saturated heterocycles. The Hall–Kier alpha value is -0.120. The number of ether oxygens (including phenoxy) is 3. The van der Waals surface area contributed by atoms with Gasteiger partial charge in [-0.25, -0.2) is 0 Å². The van der Waals surface area contributed by atoms with Crippen molar-refractivity contribution in [3.05, 3.63) is 0 Å². The summed E-state index contributed by atoms with van der Waals surface area (Å²) in [6.07, 6.45) is 0. The van der Waals surface area contributed by atoms with E-state index in [0.717, 1.165) is 6.61 Å². The lowest BCUT2D eigenvalue weighted by atomic mass is 10.5. The van der Waals surface area contributed by atoms with Crippen LogP contribution in [0.1, 0.15) is 6.92 Å². The zero-order valence-corrected chi connectivity index (χ0v) is 5.85. The van der Waals surface area contributed by atoms with E-state index in [-0.39, 0.29) is 5.79 Å². The zero-order chi connectivity index (χ0) is 6.74. The highest BCUT2D eigenvalue weighted by Crippen LogP contribution is 2.26. The third-order valence-electron chi connectivity index (χ3n) is 1.25. The molecule has 3 heteroatoms. The molecule has 0 aliphatic carbocycles. The van der Waals surface area contributed by atoms with Crippen LogP contribution in [0.3, 0.4) is 0 Å². The first-order chi connectivity index (χ1) is 4.27. The number of hydrogen-bond donors (Lipinski definition) is 0. The summed E-state index contributed by atoms with van der Waals surface area (Å²) >= 11 is 0. The average molecular weight is 132 g/mol. The molecule has 1 aliphatic heterocycles. The molecule has 9 heavy (non-hydrogen) atoms. The quantitative estimate of drug-likeness (QED) is 0.409. The van der Waals surface area contributed by atoms with Crippen molar-refractivity contribution in [1.29, 1.82) is 0 Å². The second-order valence-electron chi connectivity index (χ2n) is 2.26. The van der Waals surface area contributed by atoms with Gasteiger partial charge in [0.05, 0.1) is 13.2 Å². The van der Waals surface area contributed by atoms with Crippen molar-refractivity contribution < 1.29 is 14.2 Å². The van der Waals surface area contributed by atoms with Gasteiger partial charge in [-0.3, -0.25) is 0 Å². The Morgan fingerprint density at radius 1 is 1.56 bits per heavy atom. The van der Waals surface area contributed by atoms with Crippen molar-refractivity contribution in [3.8, 4) is 0 Å². The van der Waals surface area contributed by atoms with Gasteiger partial charge in [0.15, 0.2) is 5.79 Å². The smallest absolute Gasteiger partial charge is 0.189 e. The van der Waals surface area contributed by atoms with E-state index in [4.69, 9.17) is 14.2 Å². The van der Waals surface area contributed by atoms with Gasteiger partial charge in [0, 0.05) is 7.11 Å². The molecule has 0 bridgehead atoms. The zero-order valence-electron chi connectivity index (χ0n) is 5.85. The molecule has 1 fully saturated rings. The maximum Gasteiger partial charge on any atom is 0.189 e. The van der Waals surface area contributed by atoms with E-state index < -0.39 is 0 Å². The van der Waals surface area contributed by atoms with Crippen molar-refractivity contribution in [2.24, 2.45) is 0 Å². The molecule has 1 atom stereocenters. The number of rotatable bonds is 4. The largest absolute Gasteiger partial charge is 0.382 e. The Bertz CT molecular complexity index is 88.3. The van der Waals surface area contributed by atoms with Crippen LogP contribution < -0.4 is 0 Å². The lowest BCUT2D eigenvalue weighted by Crippen LogP contribution is -2.14. The molecule has 0 saturated carbocycles. The van der Waals surface area contributed by atoms with E-state index in [1.807, 2.05) is 6.92 Å². The van der Waals surface area contributed by atoms with Crippen LogP contribution in [0.2, 0.25) is 0 Å². The molecule has 0 aromatic heterocycles. The van der Waals surface area contributed by atoms with Crippen LogP contribution in [0.15, 0.2) is 0 Å². The van der Waals surface area contributed by atoms with Gasteiger partial charge < -0.3 is 14.2 Å². The minimum atomic E-state index is -0.279. The third kappa shape index (κ3) is 2.30. The van der Waals surface area contributed by atoms with Crippen LogP contribution in [0.25, 0.3) is 0 Å². The summed E-state index contributed by atoms with van der Waals surface area (Å²) in [6.45, 7) is 3.89. The predicted molar refractivity (Wildman–Crippen MR) is 32.2 cm³/mol. The normalized spacial score (nSPS) is 32.7. The minimum absolute atomic E-state index is 0.279. The number of hydrogen-bond acceptors (Lipinski definition) is 3. The molecule has 0 radical (unpaired) electrons. The van der Waals surface area contributed by atoms with Crippen molar-refractivity contribution >= 4 is 0 Å². The van der Waals surface area contributed by atoms with E-state index in [9.17, 15) is 0 Å². The van der Waals surface area contributed by atoms with E-state index >= 15 is 0 Å². The molecule has 0 N–H and O–H groups in total. The first-order valence-corrected chi connectivity index (χ1v) is 3.04. The molecule has 1 unspecified atom stereocenters. The summed E-state index contributed by atoms with van der Waals surface area (Å²) in [6, 6.07) is 0. The van der Waals surface area contributed by atoms with Crippen LogP contribution in [0.5, 0.6) is 0 Å². The fourth-order valence-corrected chi connectivity index (χ4v) is 0.526. The maximum atomic E-state index is 5.23. The highest BCUT2D eigenvalue weighted by Gasteiger charge is 2.40. The molecule has 0 spiro atoms. The Labute approximate surface area is 54.9 Å². The van der Waals surface area contributed by atoms with Crippen molar-refractivity contribution in [1.82, 2.24) is 0 Å². The summed E-state index contributed by atoms with van der Waals surface area (Å²) in [5.41, 5.74) is 0. The van der Waals surface area contributed by atoms with Gasteiger partial charge in [0.1, 0.15) is 6.61 Å². The van der Waals surface area contributed by atoms with E-state index in [0.29, 0.717) is 13.2 Å². The van der Waals surface area contributed by atoms with Crippen molar-refractivity contribution in [2.45, 2.75) is 12.7 Å². The maximum absolute atomic E-state index is 5.23. The summed E-state index contributed by atoms with van der Waals surface area (Å²) in [5.74, 6) is -0.279. The summed E-state index contributed by atoms with van der Waals surface area (Å²) in [7, 11) is 1.65. The number of methoxy groups -OCH3 is 1. The molecule has 54 valence electrons. The van der Waals surface area contributed by atoms with E-state index in [2.05, 4.69) is 0 Å². The van der Waals surface area contributed by atoms with Gasteiger partial charge in [-0.05, 0) is 6.92 Å². The minimum Gasteiger partial charge on any atom is -0.382 e. The molecule has 3 nitrogen and oxygen atoms in total. The molecule has 0 amide bonds. The third-order valence-corrected chi connectivity index (χ3v) is 1.25. The molecular formula is C6H12O3. The first-order valence-electron chi connectivity index (χ1n) is 3.04. The molecule has 1 rings (SSSR count). The first kappa shape index (κ1) is 6.99. The van der Waals surface area contributed by atoms with Crippen LogP contribution in [0, 0.1) is 0 Å². The standard InChI is InChI=1S/C6H12O3/c1-6(5-9-6)8-4-3-7-2/h3-5H2,1-2H3. The highest BCUT2D eigenvalue weighted by molar-refractivity contribution is 4.74. The van der Waals surface area contributed by atoms with Gasteiger partial charge in [-0.2, -0.15) is 0 Å². The Morgan fingerprint density at radius 3 is 2.67 bits per heavy atom. The monoisotopic (exact) mass is 132 g/mol. The fourth-order valence-electron chi connectivity index (χ4n) is 0.526. The molecule has 1 heterocycles. The second-order valence-corrected chi connectivity index (χ2v) is 2.26. The van der Waals surface area contributed by atoms with Gasteiger partial charge in [-0.15, -0.1) is 0 Å². The SMILES string of the molecule is COCCOC1(C)CO1. The Balaban J connectivity index is 1.92. The average Bonchev–Trinajstić information content (AvgIpc) is 2.50. The van der Waals surface area contributed by atoms with Gasteiger partial charge in [0.25, 0.3) is 0 Å². The van der Waals surface area contributed by atoms with Gasteiger partial charge in [0.2, 0.25) is 0 Å². The summed E-state index contributed by atoms with van der Waals surface area (Å²) in [4.78, 5) is 0. The van der Waals surface area contributed by atoms with Crippen LogP contribution in [-0.4, -0.2) is 32.7 Å². The highest BCUT2D eigenvalue weighted by atomic mass is 16.8. The van der Waals surface area contributed by atoms with Crippen LogP contribution in [-0.2, 0) is 14.2 Å². The van der Waals surface area contributed by atoms with Gasteiger partial charge >= 0.3 is 0 Å². The summed E-state index contributed by atoms with van der Waals surface area (Å²) < 4.78 is 15.0. The fraction of sp³-hybridized carbons (Fsp3) is 1.00. The van der Waals surface area contributed by atoms with Crippen molar-refractivity contribution in [2.75, 3.05) is 26.9 Å². The lowest BCUT2D eigenvalue weighted by molar-refractivity contribution is -0.0480. The van der Waals surface area contributed by atoms with Gasteiger partial charge in [-0.1, -0.05) is 0 Å². The molecule has 1 aliphatic rings. The lowest BCUT2D eigenvalue weighted by Gasteiger charge is -2.05. The Morgan fingerprint density at radius 2 is 2.22 bits per heavy atom. The van der Waals surface area contributed by atoms with E-state index in [1.54, 1.807) is 7.11 Å². The second kappa shape index (κ2) is 2.64. The van der Waals surface area contributed by atoms with Crippen LogP contribution in [0.4, 0.5) is 0 Å². The molecule has 0 aromatic rings. The summed E-state index contributed by atoms with van der Waals surface area (Å²) in [5, 5.41) is 0. The van der Waals surface area contributed by atoms with Crippen molar-refractivity contribution in [3.63, 3.8) is 0 Å². The Kier molecular flexibility index (Phi) is 2.05. The van der Waals surface area contributed by atoms with Crippen LogP contribution >= 0.6 is 0 Å². The topological polar surface area (TPSA) is 31.0 Å². The predicted octanol–water partition coefficient (Wildman–Crippen LogP) is 0.396. The molecule has 0 aromatic carbocycles. The molecular weight excluding hydrogens is 120 g/mol. The number of epoxide rings is 1.